The summed E-state index contributed by atoms with van der Waals surface area (Å²) in [5.74, 6) is 1.74. The van der Waals surface area contributed by atoms with Crippen LogP contribution in [-0.2, 0) is 12.8 Å². The monoisotopic (exact) mass is 261 g/mol. The van der Waals surface area contributed by atoms with Crippen LogP contribution < -0.4 is 15.2 Å². The molecule has 3 rings (SSSR count). The van der Waals surface area contributed by atoms with Gasteiger partial charge in [-0.15, -0.1) is 0 Å². The number of fused-ring (bicyclic) bond motifs is 2. The lowest BCUT2D eigenvalue weighted by Gasteiger charge is -2.27. The molecule has 2 aliphatic heterocycles. The fraction of sp³-hybridized carbons (Fsp3) is 0.533. The first-order valence-electron chi connectivity index (χ1n) is 6.99. The minimum atomic E-state index is 0.0861. The van der Waals surface area contributed by atoms with Crippen LogP contribution in [0, 0.1) is 0 Å². The summed E-state index contributed by atoms with van der Waals surface area (Å²) in [5.41, 5.74) is 8.38. The fourth-order valence-electron chi connectivity index (χ4n) is 2.88. The van der Waals surface area contributed by atoms with Gasteiger partial charge in [-0.3, -0.25) is 4.79 Å². The van der Waals surface area contributed by atoms with Gasteiger partial charge >= 0.3 is 0 Å². The van der Waals surface area contributed by atoms with Gasteiger partial charge in [0.2, 0.25) is 0 Å². The third-order valence-corrected chi connectivity index (χ3v) is 3.74. The molecule has 2 aliphatic rings. The Hall–Kier alpha value is -1.55. The van der Waals surface area contributed by atoms with Crippen LogP contribution >= 0.6 is 0 Å². The molecule has 0 unspecified atom stereocenters. The molecule has 4 heteroatoms. The molecule has 0 aliphatic carbocycles. The van der Waals surface area contributed by atoms with Crippen molar-refractivity contribution >= 4 is 5.78 Å². The number of rotatable bonds is 3. The van der Waals surface area contributed by atoms with Gasteiger partial charge in [0.25, 0.3) is 0 Å². The predicted octanol–water partition coefficient (Wildman–Crippen LogP) is 1.87. The van der Waals surface area contributed by atoms with Crippen LogP contribution in [0.2, 0.25) is 0 Å². The lowest BCUT2D eigenvalue weighted by Crippen LogP contribution is -2.20. The number of hydrogen-bond acceptors (Lipinski definition) is 4. The summed E-state index contributed by atoms with van der Waals surface area (Å²) in [6.45, 7) is 1.80. The topological polar surface area (TPSA) is 61.6 Å². The molecule has 0 spiro atoms. The van der Waals surface area contributed by atoms with E-state index in [0.29, 0.717) is 19.6 Å². The van der Waals surface area contributed by atoms with Crippen molar-refractivity contribution in [1.82, 2.24) is 0 Å². The first-order valence-corrected chi connectivity index (χ1v) is 6.99. The normalized spacial score (nSPS) is 16.9. The highest BCUT2D eigenvalue weighted by atomic mass is 16.5. The van der Waals surface area contributed by atoms with E-state index in [1.807, 2.05) is 0 Å². The van der Waals surface area contributed by atoms with Crippen molar-refractivity contribution < 1.29 is 14.3 Å². The van der Waals surface area contributed by atoms with E-state index in [9.17, 15) is 4.79 Å². The van der Waals surface area contributed by atoms with Crippen molar-refractivity contribution in [3.8, 4) is 11.5 Å². The number of nitrogens with two attached hydrogens (primary N) is 1. The summed E-state index contributed by atoms with van der Waals surface area (Å²) in [6.07, 6.45) is 4.16. The quantitative estimate of drug-likeness (QED) is 0.844. The SMILES string of the molecule is NCCC(=O)c1c2c(cc3c1OCCC3)OCCC2. The summed E-state index contributed by atoms with van der Waals surface area (Å²) in [6, 6.07) is 2.06. The average Bonchev–Trinajstić information content (AvgIpc) is 2.44. The molecular weight excluding hydrogens is 242 g/mol. The van der Waals surface area contributed by atoms with Gasteiger partial charge < -0.3 is 15.2 Å². The summed E-state index contributed by atoms with van der Waals surface area (Å²) in [4.78, 5) is 12.4. The Balaban J connectivity index is 2.14. The number of hydrogen-bond donors (Lipinski definition) is 1. The second-order valence-electron chi connectivity index (χ2n) is 5.08. The Morgan fingerprint density at radius 3 is 2.84 bits per heavy atom. The second kappa shape index (κ2) is 5.21. The molecule has 1 aromatic rings. The highest BCUT2D eigenvalue weighted by Gasteiger charge is 2.27. The molecule has 102 valence electrons. The molecule has 0 saturated carbocycles. The van der Waals surface area contributed by atoms with Gasteiger partial charge in [0.1, 0.15) is 11.5 Å². The molecule has 0 fully saturated rings. The van der Waals surface area contributed by atoms with Crippen molar-refractivity contribution in [2.75, 3.05) is 19.8 Å². The zero-order chi connectivity index (χ0) is 13.2. The minimum absolute atomic E-state index is 0.0861. The van der Waals surface area contributed by atoms with E-state index in [4.69, 9.17) is 15.2 Å². The number of aryl methyl sites for hydroxylation is 1. The Morgan fingerprint density at radius 1 is 1.21 bits per heavy atom. The molecule has 0 aromatic heterocycles. The van der Waals surface area contributed by atoms with Gasteiger partial charge in [0.15, 0.2) is 5.78 Å². The van der Waals surface area contributed by atoms with E-state index in [2.05, 4.69) is 6.07 Å². The molecule has 4 nitrogen and oxygen atoms in total. The van der Waals surface area contributed by atoms with E-state index < -0.39 is 0 Å². The Kier molecular flexibility index (Phi) is 3.42. The van der Waals surface area contributed by atoms with Gasteiger partial charge in [-0.1, -0.05) is 0 Å². The Labute approximate surface area is 112 Å². The average molecular weight is 261 g/mol. The number of Topliss-reactive ketones (excluding diaryl/α,β-unsaturated/α-hetero) is 1. The predicted molar refractivity (Wildman–Crippen MR) is 72.1 cm³/mol. The molecule has 1 aromatic carbocycles. The maximum absolute atomic E-state index is 12.4. The van der Waals surface area contributed by atoms with E-state index in [1.165, 1.54) is 0 Å². The van der Waals surface area contributed by atoms with Crippen LogP contribution in [0.4, 0.5) is 0 Å². The van der Waals surface area contributed by atoms with E-state index in [-0.39, 0.29) is 5.78 Å². The molecule has 0 atom stereocenters. The molecule has 0 saturated heterocycles. The van der Waals surface area contributed by atoms with Gasteiger partial charge in [0.05, 0.1) is 18.8 Å². The van der Waals surface area contributed by atoms with Gasteiger partial charge in [-0.25, -0.2) is 0 Å². The summed E-state index contributed by atoms with van der Waals surface area (Å²) < 4.78 is 11.5. The number of ether oxygens (including phenoxy) is 2. The molecule has 0 amide bonds. The smallest absolute Gasteiger partial charge is 0.168 e. The number of ketones is 1. The van der Waals surface area contributed by atoms with Gasteiger partial charge in [-0.2, -0.15) is 0 Å². The lowest BCUT2D eigenvalue weighted by molar-refractivity contribution is 0.0978. The van der Waals surface area contributed by atoms with Crippen molar-refractivity contribution in [1.29, 1.82) is 0 Å². The first-order chi connectivity index (χ1) is 9.31. The maximum Gasteiger partial charge on any atom is 0.168 e. The number of benzene rings is 1. The van der Waals surface area contributed by atoms with Crippen LogP contribution in [-0.4, -0.2) is 25.5 Å². The third kappa shape index (κ3) is 2.21. The summed E-state index contributed by atoms with van der Waals surface area (Å²) in [7, 11) is 0. The zero-order valence-electron chi connectivity index (χ0n) is 11.0. The summed E-state index contributed by atoms with van der Waals surface area (Å²) in [5, 5.41) is 0. The van der Waals surface area contributed by atoms with E-state index in [1.54, 1.807) is 0 Å². The molecule has 19 heavy (non-hydrogen) atoms. The highest BCUT2D eigenvalue weighted by Crippen LogP contribution is 2.40. The second-order valence-corrected chi connectivity index (χ2v) is 5.08. The van der Waals surface area contributed by atoms with Crippen LogP contribution in [0.1, 0.15) is 40.7 Å². The van der Waals surface area contributed by atoms with Crippen LogP contribution in [0.15, 0.2) is 6.07 Å². The maximum atomic E-state index is 12.4. The van der Waals surface area contributed by atoms with Crippen molar-refractivity contribution in [2.24, 2.45) is 5.73 Å². The summed E-state index contributed by atoms with van der Waals surface area (Å²) >= 11 is 0. The zero-order valence-corrected chi connectivity index (χ0v) is 11.0. The Morgan fingerprint density at radius 2 is 2.00 bits per heavy atom. The van der Waals surface area contributed by atoms with Gasteiger partial charge in [0, 0.05) is 12.0 Å². The van der Waals surface area contributed by atoms with Gasteiger partial charge in [-0.05, 0) is 43.9 Å². The lowest BCUT2D eigenvalue weighted by atomic mass is 9.90. The molecular formula is C15H19NO3. The molecule has 0 bridgehead atoms. The third-order valence-electron chi connectivity index (χ3n) is 3.74. The van der Waals surface area contributed by atoms with Crippen LogP contribution in [0.25, 0.3) is 0 Å². The van der Waals surface area contributed by atoms with Crippen molar-refractivity contribution in [3.05, 3.63) is 22.8 Å². The fourth-order valence-corrected chi connectivity index (χ4v) is 2.88. The Bertz CT molecular complexity index is 476. The highest BCUT2D eigenvalue weighted by molar-refractivity contribution is 6.01. The van der Waals surface area contributed by atoms with Crippen molar-refractivity contribution in [3.63, 3.8) is 0 Å². The number of carbonyl (C=O) groups is 1. The largest absolute Gasteiger partial charge is 0.493 e. The van der Waals surface area contributed by atoms with E-state index in [0.717, 1.165) is 60.5 Å². The van der Waals surface area contributed by atoms with E-state index >= 15 is 0 Å². The standard InChI is InChI=1S/C15H19NO3/c16-6-5-12(17)14-11-4-2-7-18-13(11)9-10-3-1-8-19-15(10)14/h9H,1-8,16H2. The van der Waals surface area contributed by atoms with Crippen molar-refractivity contribution in [2.45, 2.75) is 32.1 Å². The minimum Gasteiger partial charge on any atom is -0.493 e. The van der Waals surface area contributed by atoms with Crippen LogP contribution in [0.5, 0.6) is 11.5 Å². The molecule has 2 N–H and O–H groups in total. The number of carbonyl (C=O) groups excluding carboxylic acids is 1. The molecule has 2 heterocycles. The molecule has 0 radical (unpaired) electrons. The van der Waals surface area contributed by atoms with Crippen LogP contribution in [0.3, 0.4) is 0 Å². The first kappa shape index (κ1) is 12.5.